The van der Waals surface area contributed by atoms with Gasteiger partial charge in [-0.05, 0) is 23.6 Å². The lowest BCUT2D eigenvalue weighted by molar-refractivity contribution is -0.113. The fraction of sp³-hybridized carbons (Fsp3) is 0.211. The van der Waals surface area contributed by atoms with Crippen molar-refractivity contribution >= 4 is 34.1 Å². The summed E-state index contributed by atoms with van der Waals surface area (Å²) in [5.41, 5.74) is 1.28. The van der Waals surface area contributed by atoms with Gasteiger partial charge in [0.25, 0.3) is 0 Å². The molecule has 1 N–H and O–H groups in total. The third-order valence-electron chi connectivity index (χ3n) is 3.68. The number of nitrogens with zero attached hydrogens (tertiary/aromatic N) is 2. The maximum absolute atomic E-state index is 12.0. The molecule has 1 amide bonds. The van der Waals surface area contributed by atoms with Gasteiger partial charge in [0.05, 0.1) is 5.75 Å². The highest BCUT2D eigenvalue weighted by Crippen LogP contribution is 2.24. The molecule has 0 spiro atoms. The number of anilines is 1. The molecule has 0 unspecified atom stereocenters. The number of aromatic nitrogens is 2. The maximum Gasteiger partial charge on any atom is 0.236 e. The Morgan fingerprint density at radius 3 is 2.48 bits per heavy atom. The zero-order chi connectivity index (χ0) is 17.5. The molecular formula is C19H19N3OS2. The molecule has 0 aliphatic carbocycles. The summed E-state index contributed by atoms with van der Waals surface area (Å²) in [6.07, 6.45) is 0.816. The molecule has 4 nitrogen and oxygen atoms in total. The van der Waals surface area contributed by atoms with Crippen LogP contribution in [0.25, 0.3) is 0 Å². The molecule has 0 saturated heterocycles. The second kappa shape index (κ2) is 8.78. The molecule has 2 aromatic carbocycles. The molecule has 128 valence electrons. The van der Waals surface area contributed by atoms with Gasteiger partial charge in [0.2, 0.25) is 11.0 Å². The van der Waals surface area contributed by atoms with Crippen molar-refractivity contribution in [3.63, 3.8) is 0 Å². The number of hydrogen-bond donors (Lipinski definition) is 1. The average Bonchev–Trinajstić information content (AvgIpc) is 3.08. The van der Waals surface area contributed by atoms with Crippen LogP contribution < -0.4 is 5.32 Å². The highest BCUT2D eigenvalue weighted by Gasteiger charge is 2.12. The Balaban J connectivity index is 1.50. The molecule has 3 aromatic rings. The minimum absolute atomic E-state index is 0.0624. The van der Waals surface area contributed by atoms with Crippen LogP contribution in [0, 0.1) is 0 Å². The second-order valence-electron chi connectivity index (χ2n) is 5.67. The van der Waals surface area contributed by atoms with Crippen molar-refractivity contribution < 1.29 is 4.79 Å². The first-order valence-corrected chi connectivity index (χ1v) is 9.86. The van der Waals surface area contributed by atoms with Gasteiger partial charge < -0.3 is 0 Å². The number of thioether (sulfide) groups is 1. The highest BCUT2D eigenvalue weighted by molar-refractivity contribution is 8.00. The van der Waals surface area contributed by atoms with Crippen LogP contribution in [0.5, 0.6) is 0 Å². The fourth-order valence-electron chi connectivity index (χ4n) is 2.37. The smallest absolute Gasteiger partial charge is 0.236 e. The van der Waals surface area contributed by atoms with Crippen LogP contribution in [-0.4, -0.2) is 21.9 Å². The lowest BCUT2D eigenvalue weighted by atomic mass is 9.98. The first-order valence-electron chi connectivity index (χ1n) is 8.06. The summed E-state index contributed by atoms with van der Waals surface area (Å²) in [6.45, 7) is 2.17. The molecule has 0 saturated carbocycles. The summed E-state index contributed by atoms with van der Waals surface area (Å²) in [6, 6.07) is 20.2. The van der Waals surface area contributed by atoms with Gasteiger partial charge in [-0.15, -0.1) is 22.0 Å². The van der Waals surface area contributed by atoms with E-state index in [1.165, 1.54) is 28.7 Å². The lowest BCUT2D eigenvalue weighted by Crippen LogP contribution is -2.13. The molecule has 0 bridgehead atoms. The van der Waals surface area contributed by atoms with E-state index in [-0.39, 0.29) is 5.91 Å². The van der Waals surface area contributed by atoms with Crippen molar-refractivity contribution in [1.82, 2.24) is 10.2 Å². The number of nitrogens with one attached hydrogen (secondary N) is 1. The van der Waals surface area contributed by atoms with E-state index in [0.717, 1.165) is 16.3 Å². The Bertz CT molecular complexity index is 806. The first-order chi connectivity index (χ1) is 12.2. The van der Waals surface area contributed by atoms with Gasteiger partial charge in [-0.3, -0.25) is 10.1 Å². The Morgan fingerprint density at radius 1 is 1.08 bits per heavy atom. The lowest BCUT2D eigenvalue weighted by Gasteiger charge is -2.08. The molecule has 0 fully saturated rings. The van der Waals surface area contributed by atoms with Gasteiger partial charge in [-0.2, -0.15) is 0 Å². The molecule has 0 aliphatic heterocycles. The Kier molecular flexibility index (Phi) is 6.19. The minimum atomic E-state index is -0.0624. The van der Waals surface area contributed by atoms with Crippen molar-refractivity contribution in [3.8, 4) is 0 Å². The highest BCUT2D eigenvalue weighted by atomic mass is 32.2. The Labute approximate surface area is 155 Å². The van der Waals surface area contributed by atoms with E-state index >= 15 is 0 Å². The van der Waals surface area contributed by atoms with Crippen molar-refractivity contribution in [3.05, 3.63) is 71.2 Å². The SMILES string of the molecule is C[C@H](Cc1nnc(NC(=O)CSc2ccccc2)s1)c1ccccc1. The van der Waals surface area contributed by atoms with Crippen LogP contribution >= 0.6 is 23.1 Å². The van der Waals surface area contributed by atoms with Crippen molar-refractivity contribution in [1.29, 1.82) is 0 Å². The minimum Gasteiger partial charge on any atom is -0.300 e. The predicted molar refractivity (Wildman–Crippen MR) is 104 cm³/mol. The third kappa shape index (κ3) is 5.41. The second-order valence-corrected chi connectivity index (χ2v) is 7.78. The number of carbonyl (C=O) groups excluding carboxylic acids is 1. The van der Waals surface area contributed by atoms with Gasteiger partial charge in [-0.25, -0.2) is 0 Å². The van der Waals surface area contributed by atoms with Gasteiger partial charge in [0.1, 0.15) is 5.01 Å². The topological polar surface area (TPSA) is 54.9 Å². The van der Waals surface area contributed by atoms with E-state index in [4.69, 9.17) is 0 Å². The van der Waals surface area contributed by atoms with Gasteiger partial charge in [-0.1, -0.05) is 66.8 Å². The fourth-order valence-corrected chi connectivity index (χ4v) is 3.97. The predicted octanol–water partition coefficient (Wildman–Crippen LogP) is 4.62. The van der Waals surface area contributed by atoms with Crippen LogP contribution in [0.1, 0.15) is 23.4 Å². The number of carbonyl (C=O) groups is 1. The summed E-state index contributed by atoms with van der Waals surface area (Å²) in [5.74, 6) is 0.665. The summed E-state index contributed by atoms with van der Waals surface area (Å²) in [7, 11) is 0. The van der Waals surface area contributed by atoms with Crippen molar-refractivity contribution in [2.24, 2.45) is 0 Å². The Hall–Kier alpha value is -2.18. The summed E-state index contributed by atoms with van der Waals surface area (Å²) in [4.78, 5) is 13.1. The van der Waals surface area contributed by atoms with Crippen LogP contribution in [0.2, 0.25) is 0 Å². The van der Waals surface area contributed by atoms with Gasteiger partial charge in [0.15, 0.2) is 0 Å². The quantitative estimate of drug-likeness (QED) is 0.618. The molecular weight excluding hydrogens is 350 g/mol. The molecule has 3 rings (SSSR count). The number of amides is 1. The number of benzene rings is 2. The molecule has 1 atom stereocenters. The van der Waals surface area contributed by atoms with E-state index < -0.39 is 0 Å². The standard InChI is InChI=1S/C19H19N3OS2/c1-14(15-8-4-2-5-9-15)12-18-21-22-19(25-18)20-17(23)13-24-16-10-6-3-7-11-16/h2-11,14H,12-13H2,1H3,(H,20,22,23)/t14-/m1/s1. The van der Waals surface area contributed by atoms with Gasteiger partial charge in [0, 0.05) is 11.3 Å². The van der Waals surface area contributed by atoms with Gasteiger partial charge >= 0.3 is 0 Å². The molecule has 1 aromatic heterocycles. The average molecular weight is 370 g/mol. The number of hydrogen-bond acceptors (Lipinski definition) is 5. The maximum atomic E-state index is 12.0. The molecule has 1 heterocycles. The van der Waals surface area contributed by atoms with E-state index in [1.54, 1.807) is 0 Å². The number of rotatable bonds is 7. The van der Waals surface area contributed by atoms with Crippen molar-refractivity contribution in [2.75, 3.05) is 11.1 Å². The normalized spacial score (nSPS) is 11.9. The molecule has 6 heteroatoms. The summed E-state index contributed by atoms with van der Waals surface area (Å²) in [5, 5.41) is 12.6. The van der Waals surface area contributed by atoms with Crippen LogP contribution in [0.15, 0.2) is 65.6 Å². The zero-order valence-electron chi connectivity index (χ0n) is 13.9. The third-order valence-corrected chi connectivity index (χ3v) is 5.55. The van der Waals surface area contributed by atoms with E-state index in [1.807, 2.05) is 48.5 Å². The monoisotopic (exact) mass is 369 g/mol. The van der Waals surface area contributed by atoms with E-state index in [2.05, 4.69) is 34.6 Å². The molecule has 25 heavy (non-hydrogen) atoms. The Morgan fingerprint density at radius 2 is 1.76 bits per heavy atom. The van der Waals surface area contributed by atoms with E-state index in [0.29, 0.717) is 16.8 Å². The van der Waals surface area contributed by atoms with Crippen molar-refractivity contribution in [2.45, 2.75) is 24.2 Å². The summed E-state index contributed by atoms with van der Waals surface area (Å²) < 4.78 is 0. The largest absolute Gasteiger partial charge is 0.300 e. The first kappa shape index (κ1) is 17.6. The van der Waals surface area contributed by atoms with Crippen LogP contribution in [0.4, 0.5) is 5.13 Å². The molecule has 0 radical (unpaired) electrons. The van der Waals surface area contributed by atoms with E-state index in [9.17, 15) is 4.79 Å². The van der Waals surface area contributed by atoms with Crippen LogP contribution in [0.3, 0.4) is 0 Å². The summed E-state index contributed by atoms with van der Waals surface area (Å²) >= 11 is 2.95. The molecule has 0 aliphatic rings. The zero-order valence-corrected chi connectivity index (χ0v) is 15.5. The van der Waals surface area contributed by atoms with Crippen LogP contribution in [-0.2, 0) is 11.2 Å².